The third-order valence-electron chi connectivity index (χ3n) is 3.96. The summed E-state index contributed by atoms with van der Waals surface area (Å²) in [6.07, 6.45) is 0.650. The summed E-state index contributed by atoms with van der Waals surface area (Å²) in [6, 6.07) is 2.67. The van der Waals surface area contributed by atoms with E-state index in [1.165, 1.54) is 21.3 Å². The van der Waals surface area contributed by atoms with Crippen molar-refractivity contribution in [3.63, 3.8) is 0 Å². The summed E-state index contributed by atoms with van der Waals surface area (Å²) in [5, 5.41) is -0.240. The van der Waals surface area contributed by atoms with Gasteiger partial charge >= 0.3 is 0 Å². The minimum atomic E-state index is -3.75. The van der Waals surface area contributed by atoms with E-state index in [0.29, 0.717) is 39.1 Å². The van der Waals surface area contributed by atoms with E-state index in [9.17, 15) is 18.0 Å². The van der Waals surface area contributed by atoms with Gasteiger partial charge in [-0.2, -0.15) is 4.31 Å². The molecule has 1 aromatic heterocycles. The van der Waals surface area contributed by atoms with Crippen molar-refractivity contribution in [2.24, 2.45) is 0 Å². The molecule has 23 heavy (non-hydrogen) atoms. The average Bonchev–Trinajstić information content (AvgIpc) is 3.06. The van der Waals surface area contributed by atoms with Crippen LogP contribution >= 0.6 is 0 Å². The number of ether oxygens (including phenoxy) is 1. The smallest absolute Gasteiger partial charge is 0.289 e. The van der Waals surface area contributed by atoms with Crippen LogP contribution in [0.25, 0.3) is 0 Å². The number of amides is 1. The number of nitrogens with zero attached hydrogens (tertiary/aromatic N) is 2. The molecule has 9 heteroatoms. The minimum Gasteiger partial charge on any atom is -0.438 e. The molecule has 0 unspecified atom stereocenters. The van der Waals surface area contributed by atoms with Gasteiger partial charge in [-0.25, -0.2) is 8.42 Å². The summed E-state index contributed by atoms with van der Waals surface area (Å²) < 4.78 is 36.6. The monoisotopic (exact) mass is 342 g/mol. The fraction of sp³-hybridized carbons (Fsp3) is 0.571. The van der Waals surface area contributed by atoms with E-state index >= 15 is 0 Å². The lowest BCUT2D eigenvalue weighted by Crippen LogP contribution is -2.40. The van der Waals surface area contributed by atoms with Gasteiger partial charge in [0, 0.05) is 39.0 Å². The van der Waals surface area contributed by atoms with Gasteiger partial charge < -0.3 is 14.1 Å². The molecule has 2 aliphatic heterocycles. The molecule has 1 amide bonds. The first-order valence-electron chi connectivity index (χ1n) is 7.47. The lowest BCUT2D eigenvalue weighted by molar-refractivity contribution is -0.120. The molecule has 0 N–H and O–H groups in total. The number of carbonyl (C=O) groups is 2. The zero-order valence-electron chi connectivity index (χ0n) is 12.6. The Morgan fingerprint density at radius 2 is 1.70 bits per heavy atom. The van der Waals surface area contributed by atoms with Crippen molar-refractivity contribution in [2.45, 2.75) is 17.9 Å². The zero-order valence-corrected chi connectivity index (χ0v) is 13.4. The number of rotatable bonds is 3. The van der Waals surface area contributed by atoms with Crippen molar-refractivity contribution in [1.29, 1.82) is 0 Å². The highest BCUT2D eigenvalue weighted by Crippen LogP contribution is 2.21. The van der Waals surface area contributed by atoms with Crippen LogP contribution < -0.4 is 0 Å². The first-order valence-corrected chi connectivity index (χ1v) is 8.91. The Balaban J connectivity index is 1.74. The largest absolute Gasteiger partial charge is 0.438 e. The molecule has 8 nitrogen and oxygen atoms in total. The van der Waals surface area contributed by atoms with Crippen LogP contribution in [0.4, 0.5) is 0 Å². The van der Waals surface area contributed by atoms with Crippen LogP contribution in [0.2, 0.25) is 0 Å². The molecule has 1 aromatic rings. The van der Waals surface area contributed by atoms with Gasteiger partial charge in [-0.15, -0.1) is 0 Å². The predicted molar refractivity (Wildman–Crippen MR) is 78.4 cm³/mol. The molecule has 2 aliphatic rings. The van der Waals surface area contributed by atoms with E-state index in [4.69, 9.17) is 9.15 Å². The molecular formula is C14H18N2O6S. The molecule has 3 heterocycles. The summed E-state index contributed by atoms with van der Waals surface area (Å²) in [5.41, 5.74) is 0. The molecular weight excluding hydrogens is 324 g/mol. The maximum absolute atomic E-state index is 12.4. The fourth-order valence-corrected chi connectivity index (χ4v) is 3.92. The van der Waals surface area contributed by atoms with Gasteiger partial charge in [0.1, 0.15) is 5.78 Å². The molecule has 0 aliphatic carbocycles. The highest BCUT2D eigenvalue weighted by Gasteiger charge is 2.31. The third kappa shape index (κ3) is 3.31. The number of hydrogen-bond acceptors (Lipinski definition) is 6. The van der Waals surface area contributed by atoms with Crippen molar-refractivity contribution in [3.05, 3.63) is 17.9 Å². The van der Waals surface area contributed by atoms with Gasteiger partial charge in [0.2, 0.25) is 5.09 Å². The number of Topliss-reactive ketones (excluding diaryl/α,β-unsaturated/α-hetero) is 1. The first kappa shape index (κ1) is 16.2. The van der Waals surface area contributed by atoms with Crippen molar-refractivity contribution < 1.29 is 27.2 Å². The predicted octanol–water partition coefficient (Wildman–Crippen LogP) is 0.106. The van der Waals surface area contributed by atoms with E-state index in [-0.39, 0.29) is 35.6 Å². The van der Waals surface area contributed by atoms with Gasteiger partial charge in [-0.05, 0) is 12.1 Å². The van der Waals surface area contributed by atoms with Crippen molar-refractivity contribution in [3.8, 4) is 0 Å². The third-order valence-corrected chi connectivity index (χ3v) is 5.74. The number of hydrogen-bond donors (Lipinski definition) is 0. The summed E-state index contributed by atoms with van der Waals surface area (Å²) in [4.78, 5) is 25.0. The van der Waals surface area contributed by atoms with E-state index in [0.717, 1.165) is 0 Å². The lowest BCUT2D eigenvalue weighted by atomic mass is 10.1. The van der Waals surface area contributed by atoms with E-state index in [2.05, 4.69) is 0 Å². The summed E-state index contributed by atoms with van der Waals surface area (Å²) in [7, 11) is -3.75. The number of furan rings is 1. The zero-order chi connectivity index (χ0) is 16.4. The minimum absolute atomic E-state index is 0.0221. The molecule has 0 spiro atoms. The highest BCUT2D eigenvalue weighted by molar-refractivity contribution is 7.89. The highest BCUT2D eigenvalue weighted by atomic mass is 32.2. The number of morpholine rings is 1. The van der Waals surface area contributed by atoms with Crippen molar-refractivity contribution in [2.75, 3.05) is 39.4 Å². The Hall–Kier alpha value is -1.71. The lowest BCUT2D eigenvalue weighted by Gasteiger charge is -2.25. The van der Waals surface area contributed by atoms with Gasteiger partial charge in [-0.1, -0.05) is 0 Å². The second kappa shape index (κ2) is 6.42. The SMILES string of the molecule is O=C1CCN(C(=O)c2ccc(S(=O)(=O)N3CCOCC3)o2)CC1. The van der Waals surface area contributed by atoms with Crippen molar-refractivity contribution in [1.82, 2.24) is 9.21 Å². The van der Waals surface area contributed by atoms with Crippen LogP contribution in [0.3, 0.4) is 0 Å². The average molecular weight is 342 g/mol. The van der Waals surface area contributed by atoms with Crippen LogP contribution in [-0.2, 0) is 19.6 Å². The normalized spacial score (nSPS) is 20.7. The van der Waals surface area contributed by atoms with Crippen LogP contribution in [0, 0.1) is 0 Å². The molecule has 2 fully saturated rings. The Morgan fingerprint density at radius 3 is 2.35 bits per heavy atom. The van der Waals surface area contributed by atoms with E-state index < -0.39 is 10.0 Å². The summed E-state index contributed by atoms with van der Waals surface area (Å²) in [6.45, 7) is 1.88. The number of carbonyl (C=O) groups excluding carboxylic acids is 2. The molecule has 0 saturated carbocycles. The Labute approximate surface area is 134 Å². The maximum atomic E-state index is 12.4. The molecule has 126 valence electrons. The first-order chi connectivity index (χ1) is 11.0. The number of piperidine rings is 1. The molecule has 0 bridgehead atoms. The van der Waals surface area contributed by atoms with Crippen LogP contribution in [-0.4, -0.2) is 68.7 Å². The van der Waals surface area contributed by atoms with E-state index in [1.807, 2.05) is 0 Å². The van der Waals surface area contributed by atoms with Crippen LogP contribution in [0.5, 0.6) is 0 Å². The van der Waals surface area contributed by atoms with Gasteiger partial charge in [0.25, 0.3) is 15.9 Å². The Kier molecular flexibility index (Phi) is 4.51. The van der Waals surface area contributed by atoms with Crippen LogP contribution in [0.15, 0.2) is 21.6 Å². The van der Waals surface area contributed by atoms with Gasteiger partial charge in [0.05, 0.1) is 13.2 Å². The second-order valence-electron chi connectivity index (χ2n) is 5.47. The summed E-state index contributed by atoms with van der Waals surface area (Å²) in [5.74, 6) is -0.281. The van der Waals surface area contributed by atoms with Gasteiger partial charge in [0.15, 0.2) is 5.76 Å². The fourth-order valence-electron chi connectivity index (χ4n) is 2.60. The number of ketones is 1. The Bertz CT molecular complexity index is 695. The van der Waals surface area contributed by atoms with E-state index in [1.54, 1.807) is 0 Å². The molecule has 0 atom stereocenters. The van der Waals surface area contributed by atoms with Crippen LogP contribution in [0.1, 0.15) is 23.4 Å². The molecule has 2 saturated heterocycles. The maximum Gasteiger partial charge on any atom is 0.289 e. The van der Waals surface area contributed by atoms with Gasteiger partial charge in [-0.3, -0.25) is 9.59 Å². The number of likely N-dealkylation sites (tertiary alicyclic amines) is 1. The van der Waals surface area contributed by atoms with Crippen molar-refractivity contribution >= 4 is 21.7 Å². The molecule has 3 rings (SSSR count). The summed E-state index contributed by atoms with van der Waals surface area (Å²) >= 11 is 0. The Morgan fingerprint density at radius 1 is 1.04 bits per heavy atom. The number of sulfonamides is 1. The standard InChI is InChI=1S/C14H18N2O6S/c17-11-3-5-15(6-4-11)14(18)12-1-2-13(22-12)23(19,20)16-7-9-21-10-8-16/h1-2H,3-10H2. The quantitative estimate of drug-likeness (QED) is 0.773. The topological polar surface area (TPSA) is 97.1 Å². The second-order valence-corrected chi connectivity index (χ2v) is 7.33. The molecule has 0 aromatic carbocycles. The molecule has 0 radical (unpaired) electrons.